The Kier molecular flexibility index (Phi) is 5.37. The summed E-state index contributed by atoms with van der Waals surface area (Å²) in [6.45, 7) is 0.163. The van der Waals surface area contributed by atoms with E-state index < -0.39 is 6.23 Å². The maximum absolute atomic E-state index is 10.2. The lowest BCUT2D eigenvalue weighted by Crippen LogP contribution is -2.24. The van der Waals surface area contributed by atoms with Crippen molar-refractivity contribution in [1.82, 2.24) is 20.2 Å². The van der Waals surface area contributed by atoms with Crippen LogP contribution in [0.3, 0.4) is 0 Å². The van der Waals surface area contributed by atoms with Crippen LogP contribution in [0, 0.1) is 0 Å². The number of aromatic nitrogens is 4. The van der Waals surface area contributed by atoms with Gasteiger partial charge in [-0.25, -0.2) is 9.97 Å². The zero-order valence-electron chi connectivity index (χ0n) is 17.4. The molecule has 5 rings (SSSR count). The van der Waals surface area contributed by atoms with Crippen molar-refractivity contribution >= 4 is 39.0 Å². The zero-order chi connectivity index (χ0) is 21.9. The summed E-state index contributed by atoms with van der Waals surface area (Å²) in [6, 6.07) is 21.5. The first-order valence-electron chi connectivity index (χ1n) is 10.2. The van der Waals surface area contributed by atoms with Crippen molar-refractivity contribution in [3.8, 4) is 11.4 Å². The Labute approximate surface area is 184 Å². The second-order valence-corrected chi connectivity index (χ2v) is 7.37. The monoisotopic (exact) mass is 426 g/mol. The molecule has 0 saturated carbocycles. The molecule has 160 valence electrons. The Balaban J connectivity index is 1.58. The lowest BCUT2D eigenvalue weighted by molar-refractivity contribution is 0.0820. The average molecular weight is 426 g/mol. The smallest absolute Gasteiger partial charge is 0.164 e. The number of hydrogen-bond acceptors (Lipinski definition) is 7. The molecule has 1 unspecified atom stereocenters. The molecule has 2 heterocycles. The van der Waals surface area contributed by atoms with Gasteiger partial charge in [0.25, 0.3) is 0 Å². The van der Waals surface area contributed by atoms with Crippen LogP contribution >= 0.6 is 0 Å². The van der Waals surface area contributed by atoms with Crippen LogP contribution in [-0.2, 0) is 4.74 Å². The Morgan fingerprint density at radius 1 is 1.03 bits per heavy atom. The third-order valence-electron chi connectivity index (χ3n) is 5.12. The van der Waals surface area contributed by atoms with Gasteiger partial charge in [0, 0.05) is 34.8 Å². The number of rotatable bonds is 7. The number of fused-ring (bicyclic) bond motifs is 2. The number of nitrogens with one attached hydrogen (secondary N) is 3. The van der Waals surface area contributed by atoms with Crippen molar-refractivity contribution in [3.63, 3.8) is 0 Å². The SMILES string of the molecule is COCC(O)Nc1ccccc1-c1nc(Nc2ccc3[nH]ncc3c2)c2ccccc2n1. The van der Waals surface area contributed by atoms with Crippen molar-refractivity contribution in [2.24, 2.45) is 0 Å². The summed E-state index contributed by atoms with van der Waals surface area (Å²) >= 11 is 0. The van der Waals surface area contributed by atoms with Crippen molar-refractivity contribution in [2.45, 2.75) is 6.23 Å². The van der Waals surface area contributed by atoms with Crippen LogP contribution in [0.25, 0.3) is 33.2 Å². The Morgan fingerprint density at radius 2 is 1.88 bits per heavy atom. The lowest BCUT2D eigenvalue weighted by atomic mass is 10.1. The first-order valence-corrected chi connectivity index (χ1v) is 10.2. The van der Waals surface area contributed by atoms with E-state index in [1.54, 1.807) is 13.3 Å². The predicted octanol–water partition coefficient (Wildman–Crippen LogP) is 4.29. The molecular formula is C24H22N6O2. The largest absolute Gasteiger partial charge is 0.380 e. The molecule has 0 aliphatic rings. The maximum Gasteiger partial charge on any atom is 0.164 e. The third-order valence-corrected chi connectivity index (χ3v) is 5.12. The van der Waals surface area contributed by atoms with Crippen LogP contribution in [0.15, 0.2) is 72.9 Å². The molecule has 5 aromatic rings. The molecule has 0 spiro atoms. The number of para-hydroxylation sites is 2. The second-order valence-electron chi connectivity index (χ2n) is 7.37. The van der Waals surface area contributed by atoms with Gasteiger partial charge in [-0.2, -0.15) is 5.10 Å². The fourth-order valence-corrected chi connectivity index (χ4v) is 3.63. The molecule has 1 atom stereocenters. The molecule has 0 radical (unpaired) electrons. The van der Waals surface area contributed by atoms with Crippen LogP contribution in [0.5, 0.6) is 0 Å². The lowest BCUT2D eigenvalue weighted by Gasteiger charge is -2.17. The molecule has 0 saturated heterocycles. The first kappa shape index (κ1) is 19.9. The quantitative estimate of drug-likeness (QED) is 0.288. The summed E-state index contributed by atoms with van der Waals surface area (Å²) in [6.07, 6.45) is 0.943. The topological polar surface area (TPSA) is 108 Å². The van der Waals surface area contributed by atoms with E-state index in [9.17, 15) is 5.11 Å². The molecule has 8 heteroatoms. The fourth-order valence-electron chi connectivity index (χ4n) is 3.63. The highest BCUT2D eigenvalue weighted by molar-refractivity contribution is 5.94. The molecule has 0 fully saturated rings. The zero-order valence-corrected chi connectivity index (χ0v) is 17.4. The normalized spacial score (nSPS) is 12.2. The summed E-state index contributed by atoms with van der Waals surface area (Å²) in [5.41, 5.74) is 4.19. The van der Waals surface area contributed by atoms with E-state index in [0.717, 1.165) is 38.7 Å². The molecule has 3 aromatic carbocycles. The van der Waals surface area contributed by atoms with E-state index in [4.69, 9.17) is 14.7 Å². The minimum Gasteiger partial charge on any atom is -0.380 e. The van der Waals surface area contributed by atoms with E-state index in [1.807, 2.05) is 66.7 Å². The van der Waals surface area contributed by atoms with Gasteiger partial charge in [0.2, 0.25) is 0 Å². The standard InChI is InChI=1S/C24H22N6O2/c1-32-14-22(31)27-20-8-4-2-6-17(20)24-28-21-9-5-3-7-18(21)23(29-24)26-16-10-11-19-15(12-16)13-25-30-19/h2-13,22,27,31H,14H2,1H3,(H,25,30)(H,26,28,29). The number of methoxy groups -OCH3 is 1. The first-order chi connectivity index (χ1) is 15.7. The second kappa shape index (κ2) is 8.62. The summed E-state index contributed by atoms with van der Waals surface area (Å²) in [5, 5.41) is 25.6. The summed E-state index contributed by atoms with van der Waals surface area (Å²) in [5.74, 6) is 1.24. The van der Waals surface area contributed by atoms with Gasteiger partial charge in [-0.3, -0.25) is 5.10 Å². The van der Waals surface area contributed by atoms with E-state index in [2.05, 4.69) is 20.8 Å². The van der Waals surface area contributed by atoms with E-state index in [-0.39, 0.29) is 6.61 Å². The molecular weight excluding hydrogens is 404 g/mol. The Bertz CT molecular complexity index is 1380. The highest BCUT2D eigenvalue weighted by Crippen LogP contribution is 2.31. The van der Waals surface area contributed by atoms with Crippen molar-refractivity contribution < 1.29 is 9.84 Å². The van der Waals surface area contributed by atoms with Crippen LogP contribution in [0.1, 0.15) is 0 Å². The number of aliphatic hydroxyl groups excluding tert-OH is 1. The van der Waals surface area contributed by atoms with Crippen LogP contribution in [0.4, 0.5) is 17.2 Å². The van der Waals surface area contributed by atoms with Gasteiger partial charge in [0.15, 0.2) is 5.82 Å². The van der Waals surface area contributed by atoms with Crippen molar-refractivity contribution in [3.05, 3.63) is 72.9 Å². The van der Waals surface area contributed by atoms with Crippen molar-refractivity contribution in [1.29, 1.82) is 0 Å². The summed E-state index contributed by atoms with van der Waals surface area (Å²) in [4.78, 5) is 9.63. The Morgan fingerprint density at radius 3 is 2.78 bits per heavy atom. The minimum atomic E-state index is -0.846. The van der Waals surface area contributed by atoms with Crippen LogP contribution in [0.2, 0.25) is 0 Å². The number of nitrogens with zero attached hydrogens (tertiary/aromatic N) is 3. The van der Waals surface area contributed by atoms with Crippen molar-refractivity contribution in [2.75, 3.05) is 24.4 Å². The number of aliphatic hydroxyl groups is 1. The van der Waals surface area contributed by atoms with Gasteiger partial charge in [-0.05, 0) is 42.5 Å². The van der Waals surface area contributed by atoms with E-state index in [0.29, 0.717) is 11.6 Å². The van der Waals surface area contributed by atoms with Gasteiger partial charge < -0.3 is 20.5 Å². The number of anilines is 3. The predicted molar refractivity (Wildman–Crippen MR) is 126 cm³/mol. The molecule has 4 N–H and O–H groups in total. The number of hydrogen-bond donors (Lipinski definition) is 4. The molecule has 0 bridgehead atoms. The van der Waals surface area contributed by atoms with E-state index >= 15 is 0 Å². The van der Waals surface area contributed by atoms with Gasteiger partial charge in [-0.15, -0.1) is 0 Å². The number of H-pyrrole nitrogens is 1. The summed E-state index contributed by atoms with van der Waals surface area (Å²) < 4.78 is 5.03. The Hall–Kier alpha value is -4.01. The van der Waals surface area contributed by atoms with Gasteiger partial charge >= 0.3 is 0 Å². The molecule has 0 aliphatic heterocycles. The highest BCUT2D eigenvalue weighted by Gasteiger charge is 2.14. The van der Waals surface area contributed by atoms with Crippen LogP contribution in [-0.4, -0.2) is 45.2 Å². The number of benzene rings is 3. The molecule has 8 nitrogen and oxygen atoms in total. The maximum atomic E-state index is 10.2. The fraction of sp³-hybridized carbons (Fsp3) is 0.125. The molecule has 0 amide bonds. The number of ether oxygens (including phenoxy) is 1. The highest BCUT2D eigenvalue weighted by atomic mass is 16.5. The van der Waals surface area contributed by atoms with Gasteiger partial charge in [0.05, 0.1) is 23.8 Å². The third kappa shape index (κ3) is 3.96. The molecule has 32 heavy (non-hydrogen) atoms. The summed E-state index contributed by atoms with van der Waals surface area (Å²) in [7, 11) is 1.54. The van der Waals surface area contributed by atoms with Crippen LogP contribution < -0.4 is 10.6 Å². The average Bonchev–Trinajstić information content (AvgIpc) is 3.27. The minimum absolute atomic E-state index is 0.163. The van der Waals surface area contributed by atoms with E-state index in [1.165, 1.54) is 0 Å². The van der Waals surface area contributed by atoms with Gasteiger partial charge in [0.1, 0.15) is 12.0 Å². The molecule has 0 aliphatic carbocycles. The number of aromatic amines is 1. The molecule has 2 aromatic heterocycles. The van der Waals surface area contributed by atoms with Gasteiger partial charge in [-0.1, -0.05) is 24.3 Å².